The molecule has 5 rings (SSSR count). The molecule has 0 radical (unpaired) electrons. The van der Waals surface area contributed by atoms with Gasteiger partial charge < -0.3 is 10.2 Å². The van der Waals surface area contributed by atoms with Gasteiger partial charge in [-0.3, -0.25) is 9.79 Å². The largest absolute Gasteiger partial charge is 0.305 e. The quantitative estimate of drug-likeness (QED) is 0.652. The molecule has 0 fully saturated rings. The van der Waals surface area contributed by atoms with E-state index in [0.717, 1.165) is 34.8 Å². The minimum atomic E-state index is -0.403. The topological polar surface area (TPSA) is 75.4 Å². The smallest absolute Gasteiger partial charge is 0.184 e. The second kappa shape index (κ2) is 8.61. The number of nitrogens with zero attached hydrogens (tertiary/aromatic N) is 5. The molecule has 3 heterocycles. The lowest BCUT2D eigenvalue weighted by molar-refractivity contribution is 0.0999. The molecule has 7 nitrogen and oxygen atoms in total. The summed E-state index contributed by atoms with van der Waals surface area (Å²) in [5, 5.41) is 8.01. The number of rotatable bonds is 5. The van der Waals surface area contributed by atoms with Crippen molar-refractivity contribution < 1.29 is 9.18 Å². The van der Waals surface area contributed by atoms with Crippen molar-refractivity contribution in [1.82, 2.24) is 25.0 Å². The Hall–Kier alpha value is -3.23. The molecule has 2 atom stereocenters. The third kappa shape index (κ3) is 3.89. The van der Waals surface area contributed by atoms with Crippen molar-refractivity contribution in [2.24, 2.45) is 4.99 Å². The first-order valence-corrected chi connectivity index (χ1v) is 11.2. The molecule has 170 valence electrons. The third-order valence-corrected chi connectivity index (χ3v) is 6.34. The normalized spacial score (nSPS) is 19.9. The van der Waals surface area contributed by atoms with E-state index >= 15 is 0 Å². The van der Waals surface area contributed by atoms with Gasteiger partial charge >= 0.3 is 0 Å². The molecular weight excluding hydrogens is 419 g/mol. The minimum Gasteiger partial charge on any atom is -0.305 e. The number of hydrogen-bond donors (Lipinski definition) is 1. The molecular formula is C25H27FN6O. The molecule has 2 aliphatic heterocycles. The van der Waals surface area contributed by atoms with Gasteiger partial charge in [-0.25, -0.2) is 14.1 Å². The Balaban J connectivity index is 1.67. The number of carbonyl (C=O) groups is 1. The molecule has 3 aromatic rings. The van der Waals surface area contributed by atoms with E-state index < -0.39 is 5.82 Å². The number of aromatic nitrogens is 3. The van der Waals surface area contributed by atoms with E-state index in [0.29, 0.717) is 18.7 Å². The fourth-order valence-corrected chi connectivity index (χ4v) is 4.93. The van der Waals surface area contributed by atoms with Gasteiger partial charge in [0, 0.05) is 36.8 Å². The predicted molar refractivity (Wildman–Crippen MR) is 124 cm³/mol. The van der Waals surface area contributed by atoms with Gasteiger partial charge in [-0.1, -0.05) is 24.3 Å². The first kappa shape index (κ1) is 21.6. The van der Waals surface area contributed by atoms with Gasteiger partial charge in [-0.15, -0.1) is 0 Å². The summed E-state index contributed by atoms with van der Waals surface area (Å²) in [5.41, 5.74) is 4.97. The zero-order valence-corrected chi connectivity index (χ0v) is 19.0. The van der Waals surface area contributed by atoms with Crippen molar-refractivity contribution in [3.63, 3.8) is 0 Å². The molecule has 0 aliphatic carbocycles. The van der Waals surface area contributed by atoms with Gasteiger partial charge in [0.25, 0.3) is 0 Å². The standard InChI is InChI=1S/C25H27FN6O/c1-4-32-25(29-14-30-32)22-23(16-7-5-15(6-8-16)13-31(2)3)27-11-17-9-18(26)10-19-20(33)12-28-24(22)21(17)19/h5-10,14,22-23,27H,4,11-13H2,1-3H3. The number of aliphatic imine (C=N–C) groups is 1. The zero-order chi connectivity index (χ0) is 23.1. The number of halogens is 1. The van der Waals surface area contributed by atoms with Crippen molar-refractivity contribution in [3.05, 3.63) is 82.2 Å². The van der Waals surface area contributed by atoms with Crippen molar-refractivity contribution >= 4 is 11.5 Å². The van der Waals surface area contributed by atoms with Gasteiger partial charge in [-0.2, -0.15) is 5.10 Å². The van der Waals surface area contributed by atoms with Crippen molar-refractivity contribution in [2.75, 3.05) is 20.6 Å². The highest BCUT2D eigenvalue weighted by atomic mass is 19.1. The summed E-state index contributed by atoms with van der Waals surface area (Å²) in [6.45, 7) is 3.97. The summed E-state index contributed by atoms with van der Waals surface area (Å²) in [4.78, 5) is 24.1. The fourth-order valence-electron chi connectivity index (χ4n) is 4.93. The van der Waals surface area contributed by atoms with Gasteiger partial charge in [0.05, 0.1) is 11.6 Å². The Morgan fingerprint density at radius 1 is 1.21 bits per heavy atom. The van der Waals surface area contributed by atoms with Crippen molar-refractivity contribution in [1.29, 1.82) is 0 Å². The highest BCUT2D eigenvalue weighted by Crippen LogP contribution is 2.40. The Kier molecular flexibility index (Phi) is 5.64. The van der Waals surface area contributed by atoms with Gasteiger partial charge in [0.1, 0.15) is 24.5 Å². The molecule has 0 bridgehead atoms. The molecule has 2 unspecified atom stereocenters. The summed E-state index contributed by atoms with van der Waals surface area (Å²) >= 11 is 0. The van der Waals surface area contributed by atoms with Crippen LogP contribution < -0.4 is 5.32 Å². The van der Waals surface area contributed by atoms with E-state index in [1.54, 1.807) is 6.33 Å². The van der Waals surface area contributed by atoms with Gasteiger partial charge in [-0.05, 0) is 49.8 Å². The van der Waals surface area contributed by atoms with Crippen LogP contribution in [0.3, 0.4) is 0 Å². The van der Waals surface area contributed by atoms with E-state index in [-0.39, 0.29) is 24.3 Å². The summed E-state index contributed by atoms with van der Waals surface area (Å²) in [7, 11) is 4.09. The Morgan fingerprint density at radius 2 is 2.00 bits per heavy atom. The molecule has 2 aromatic carbocycles. The number of hydrogen-bond acceptors (Lipinski definition) is 6. The van der Waals surface area contributed by atoms with Crippen molar-refractivity contribution in [3.8, 4) is 0 Å². The van der Waals surface area contributed by atoms with E-state index in [1.165, 1.54) is 17.7 Å². The van der Waals surface area contributed by atoms with Crippen LogP contribution in [0.25, 0.3) is 0 Å². The number of ketones is 1. The van der Waals surface area contributed by atoms with E-state index in [1.807, 2.05) is 25.7 Å². The first-order chi connectivity index (χ1) is 16.0. The minimum absolute atomic E-state index is 0.0104. The molecule has 1 N–H and O–H groups in total. The summed E-state index contributed by atoms with van der Waals surface area (Å²) in [6.07, 6.45) is 1.56. The molecule has 33 heavy (non-hydrogen) atoms. The van der Waals surface area contributed by atoms with Crippen LogP contribution in [0.2, 0.25) is 0 Å². The highest BCUT2D eigenvalue weighted by molar-refractivity contribution is 6.18. The molecule has 2 aliphatic rings. The predicted octanol–water partition coefficient (Wildman–Crippen LogP) is 3.11. The van der Waals surface area contributed by atoms with Crippen molar-refractivity contribution in [2.45, 2.75) is 38.5 Å². The van der Waals surface area contributed by atoms with Crippen LogP contribution in [-0.2, 0) is 19.6 Å². The first-order valence-electron chi connectivity index (χ1n) is 11.2. The molecule has 8 heteroatoms. The Morgan fingerprint density at radius 3 is 2.73 bits per heavy atom. The number of Topliss-reactive ketones (excluding diaryl/α,β-unsaturated/α-hetero) is 1. The SMILES string of the molecule is CCn1ncnc1C1C2=NCC(=O)c3cc(F)cc(c32)CNC1c1ccc(CN(C)C)cc1. The van der Waals surface area contributed by atoms with Crippen LogP contribution in [0.15, 0.2) is 47.7 Å². The van der Waals surface area contributed by atoms with Gasteiger partial charge in [0.15, 0.2) is 5.78 Å². The third-order valence-electron chi connectivity index (χ3n) is 6.34. The average Bonchev–Trinajstić information content (AvgIpc) is 3.20. The lowest BCUT2D eigenvalue weighted by Gasteiger charge is -2.29. The second-order valence-electron chi connectivity index (χ2n) is 8.86. The fraction of sp³-hybridized carbons (Fsp3) is 0.360. The molecule has 0 spiro atoms. The van der Waals surface area contributed by atoms with Crippen LogP contribution in [0.1, 0.15) is 57.3 Å². The Labute approximate surface area is 192 Å². The number of nitrogens with one attached hydrogen (secondary N) is 1. The van der Waals surface area contributed by atoms with Crippen LogP contribution >= 0.6 is 0 Å². The maximum atomic E-state index is 14.4. The maximum Gasteiger partial charge on any atom is 0.184 e. The van der Waals surface area contributed by atoms with E-state index in [2.05, 4.69) is 44.6 Å². The van der Waals surface area contributed by atoms with Crippen LogP contribution in [0, 0.1) is 5.82 Å². The lowest BCUT2D eigenvalue weighted by Crippen LogP contribution is -2.33. The number of carbonyl (C=O) groups excluding carboxylic acids is 1. The lowest BCUT2D eigenvalue weighted by atomic mass is 9.81. The second-order valence-corrected chi connectivity index (χ2v) is 8.86. The number of aryl methyl sites for hydroxylation is 1. The molecule has 1 aromatic heterocycles. The summed E-state index contributed by atoms with van der Waals surface area (Å²) < 4.78 is 16.3. The van der Waals surface area contributed by atoms with Crippen LogP contribution in [0.4, 0.5) is 4.39 Å². The van der Waals surface area contributed by atoms with E-state index in [4.69, 9.17) is 4.99 Å². The monoisotopic (exact) mass is 446 g/mol. The summed E-state index contributed by atoms with van der Waals surface area (Å²) in [6, 6.07) is 11.2. The van der Waals surface area contributed by atoms with Crippen LogP contribution in [0.5, 0.6) is 0 Å². The Bertz CT molecular complexity index is 1230. The zero-order valence-electron chi connectivity index (χ0n) is 19.0. The number of benzene rings is 2. The summed E-state index contributed by atoms with van der Waals surface area (Å²) in [5.74, 6) is -0.0501. The molecule has 0 saturated heterocycles. The molecule has 0 saturated carbocycles. The average molecular weight is 447 g/mol. The molecule has 0 amide bonds. The van der Waals surface area contributed by atoms with Gasteiger partial charge in [0.2, 0.25) is 0 Å². The van der Waals surface area contributed by atoms with E-state index in [9.17, 15) is 9.18 Å². The maximum absolute atomic E-state index is 14.4. The highest BCUT2D eigenvalue weighted by Gasteiger charge is 2.40. The van der Waals surface area contributed by atoms with Crippen LogP contribution in [-0.4, -0.2) is 51.8 Å².